The first-order chi connectivity index (χ1) is 14.6. The van der Waals surface area contributed by atoms with E-state index in [0.29, 0.717) is 0 Å². The lowest BCUT2D eigenvalue weighted by molar-refractivity contribution is -0.510. The third kappa shape index (κ3) is 4.38. The Morgan fingerprint density at radius 1 is 1.30 bits per heavy atom. The number of rotatable bonds is 6. The third-order valence-corrected chi connectivity index (χ3v) is 4.86. The van der Waals surface area contributed by atoms with Crippen molar-refractivity contribution in [3.8, 4) is 11.3 Å². The van der Waals surface area contributed by atoms with Crippen LogP contribution in [0.2, 0.25) is 0 Å². The molecule has 0 aliphatic carbocycles. The zero-order valence-corrected chi connectivity index (χ0v) is 17.0. The maximum Gasteiger partial charge on any atom is 0.286 e. The molecule has 0 saturated heterocycles. The average molecular weight is 401 g/mol. The van der Waals surface area contributed by atoms with Gasteiger partial charge in [-0.15, -0.1) is 0 Å². The Kier molecular flexibility index (Phi) is 5.56. The molecule has 3 heterocycles. The molecule has 0 bridgehead atoms. The molecule has 30 heavy (non-hydrogen) atoms. The Labute approximate surface area is 174 Å². The largest absolute Gasteiger partial charge is 0.369 e. The number of imidazole rings is 2. The van der Waals surface area contributed by atoms with E-state index >= 15 is 0 Å². The number of nitrogens with zero attached hydrogens (tertiary/aromatic N) is 5. The van der Waals surface area contributed by atoms with Gasteiger partial charge < -0.3 is 10.7 Å². The number of H-pyrrole nitrogens is 1. The number of pyridine rings is 1. The molecule has 3 aromatic heterocycles. The maximum atomic E-state index is 5.92. The molecular formula is C22H25N8+. The quantitative estimate of drug-likeness (QED) is 0.199. The van der Waals surface area contributed by atoms with Crippen molar-refractivity contribution in [2.75, 3.05) is 0 Å². The predicted molar refractivity (Wildman–Crippen MR) is 118 cm³/mol. The second-order valence-electron chi connectivity index (χ2n) is 7.18. The second-order valence-corrected chi connectivity index (χ2v) is 7.18. The van der Waals surface area contributed by atoms with Crippen molar-refractivity contribution >= 4 is 17.8 Å². The van der Waals surface area contributed by atoms with Gasteiger partial charge in [-0.3, -0.25) is 0 Å². The Bertz CT molecular complexity index is 1170. The fourth-order valence-electron chi connectivity index (χ4n) is 3.39. The number of aliphatic imine (C=N–C) groups is 1. The first-order valence-corrected chi connectivity index (χ1v) is 9.76. The van der Waals surface area contributed by atoms with Gasteiger partial charge in [-0.1, -0.05) is 18.2 Å². The number of aryl methyl sites for hydroxylation is 1. The number of aromatic nitrogens is 4. The summed E-state index contributed by atoms with van der Waals surface area (Å²) in [5.74, 6) is 0.280. The molecule has 1 unspecified atom stereocenters. The van der Waals surface area contributed by atoms with Crippen molar-refractivity contribution in [2.45, 2.75) is 19.4 Å². The van der Waals surface area contributed by atoms with E-state index in [4.69, 9.17) is 5.73 Å². The van der Waals surface area contributed by atoms with E-state index in [9.17, 15) is 0 Å². The van der Waals surface area contributed by atoms with Crippen LogP contribution in [-0.4, -0.2) is 32.8 Å². The van der Waals surface area contributed by atoms with Crippen LogP contribution in [0.4, 0.5) is 0 Å². The highest BCUT2D eigenvalue weighted by Crippen LogP contribution is 2.19. The van der Waals surface area contributed by atoms with E-state index in [1.807, 2.05) is 37.4 Å². The van der Waals surface area contributed by atoms with Crippen molar-refractivity contribution in [1.29, 1.82) is 0 Å². The van der Waals surface area contributed by atoms with E-state index < -0.39 is 0 Å². The number of fused-ring (bicyclic) bond motifs is 1. The number of hydrogen-bond donors (Lipinski definition) is 3. The molecule has 8 nitrogen and oxygen atoms in total. The first-order valence-electron chi connectivity index (χ1n) is 9.76. The Balaban J connectivity index is 1.38. The number of hydrogen-bond acceptors (Lipinski definition) is 3. The normalized spacial score (nSPS) is 13.2. The predicted octanol–water partition coefficient (Wildman–Crippen LogP) is 2.02. The molecule has 4 rings (SSSR count). The Morgan fingerprint density at radius 3 is 2.87 bits per heavy atom. The van der Waals surface area contributed by atoms with Crippen molar-refractivity contribution in [3.05, 3.63) is 78.6 Å². The van der Waals surface area contributed by atoms with Crippen molar-refractivity contribution in [1.82, 2.24) is 20.0 Å². The average Bonchev–Trinajstić information content (AvgIpc) is 3.36. The van der Waals surface area contributed by atoms with Crippen molar-refractivity contribution < 1.29 is 4.40 Å². The monoisotopic (exact) mass is 401 g/mol. The van der Waals surface area contributed by atoms with E-state index in [-0.39, 0.29) is 12.0 Å². The molecule has 4 aromatic rings. The van der Waals surface area contributed by atoms with Gasteiger partial charge in [0.25, 0.3) is 5.65 Å². The SMILES string of the molecule is CC(Cc1cnc[nH]1)N=C(N)N/N=C/c1ccc(-c2c[n+]3ccccc3n2C)cc1. The van der Waals surface area contributed by atoms with Gasteiger partial charge in [0, 0.05) is 29.9 Å². The minimum Gasteiger partial charge on any atom is -0.369 e. The highest BCUT2D eigenvalue weighted by Gasteiger charge is 2.14. The third-order valence-electron chi connectivity index (χ3n) is 4.86. The van der Waals surface area contributed by atoms with Gasteiger partial charge in [-0.2, -0.15) is 5.10 Å². The summed E-state index contributed by atoms with van der Waals surface area (Å²) in [6.45, 7) is 1.99. The van der Waals surface area contributed by atoms with Crippen LogP contribution in [0.5, 0.6) is 0 Å². The van der Waals surface area contributed by atoms with Gasteiger partial charge in [-0.05, 0) is 30.7 Å². The van der Waals surface area contributed by atoms with Gasteiger partial charge >= 0.3 is 0 Å². The van der Waals surface area contributed by atoms with Gasteiger partial charge in [0.15, 0.2) is 5.69 Å². The summed E-state index contributed by atoms with van der Waals surface area (Å²) in [7, 11) is 2.07. The molecule has 0 spiro atoms. The van der Waals surface area contributed by atoms with Crippen molar-refractivity contribution in [3.63, 3.8) is 0 Å². The van der Waals surface area contributed by atoms with Gasteiger partial charge in [0.2, 0.25) is 5.96 Å². The number of nitrogens with two attached hydrogens (primary N) is 1. The zero-order chi connectivity index (χ0) is 20.9. The van der Waals surface area contributed by atoms with Gasteiger partial charge in [-0.25, -0.2) is 24.4 Å². The summed E-state index contributed by atoms with van der Waals surface area (Å²) >= 11 is 0. The zero-order valence-electron chi connectivity index (χ0n) is 17.0. The van der Waals surface area contributed by atoms with Gasteiger partial charge in [0.1, 0.15) is 6.20 Å². The van der Waals surface area contributed by atoms with Crippen molar-refractivity contribution in [2.24, 2.45) is 22.9 Å². The standard InChI is InChI=1S/C22H25N8/c1-16(11-19-13-24-15-25-19)27-22(23)28-26-12-17-6-8-18(9-7-17)20-14-30-10-4-3-5-21(30)29(20)2/h3-10,12-16H,11H2,1-2H3,(H,24,25)(H3,23,27,28)/q+1/b26-12+. The Morgan fingerprint density at radius 2 is 2.13 bits per heavy atom. The van der Waals surface area contributed by atoms with Gasteiger partial charge in [0.05, 0.1) is 31.8 Å². The van der Waals surface area contributed by atoms with E-state index in [2.05, 4.69) is 65.9 Å². The smallest absolute Gasteiger partial charge is 0.286 e. The molecule has 0 radical (unpaired) electrons. The Hall–Kier alpha value is -3.94. The number of guanidine groups is 1. The topological polar surface area (TPSA) is 100 Å². The molecule has 4 N–H and O–H groups in total. The van der Waals surface area contributed by atoms with Crippen LogP contribution in [0.25, 0.3) is 16.9 Å². The summed E-state index contributed by atoms with van der Waals surface area (Å²) in [4.78, 5) is 11.4. The van der Waals surface area contributed by atoms with E-state index in [1.54, 1.807) is 18.7 Å². The molecule has 8 heteroatoms. The molecule has 0 saturated carbocycles. The number of hydrazone groups is 1. The molecule has 0 amide bonds. The summed E-state index contributed by atoms with van der Waals surface area (Å²) in [6.07, 6.45) is 10.1. The summed E-state index contributed by atoms with van der Waals surface area (Å²) < 4.78 is 4.29. The summed E-state index contributed by atoms with van der Waals surface area (Å²) in [6, 6.07) is 14.4. The highest BCUT2D eigenvalue weighted by molar-refractivity contribution is 5.83. The number of nitrogens with one attached hydrogen (secondary N) is 2. The first kappa shape index (κ1) is 19.4. The van der Waals surface area contributed by atoms with E-state index in [0.717, 1.165) is 34.6 Å². The van der Waals surface area contributed by atoms with Crippen LogP contribution >= 0.6 is 0 Å². The molecule has 0 aliphatic heterocycles. The molecule has 152 valence electrons. The number of benzene rings is 1. The van der Waals surface area contributed by atoms with E-state index in [1.165, 1.54) is 0 Å². The minimum absolute atomic E-state index is 0.0195. The fourth-order valence-corrected chi connectivity index (χ4v) is 3.39. The lowest BCUT2D eigenvalue weighted by atomic mass is 10.1. The molecular weight excluding hydrogens is 376 g/mol. The van der Waals surface area contributed by atoms with Crippen LogP contribution < -0.4 is 15.6 Å². The number of aromatic amines is 1. The summed E-state index contributed by atoms with van der Waals surface area (Å²) in [5, 5.41) is 4.19. The second kappa shape index (κ2) is 8.60. The molecule has 1 aromatic carbocycles. The fraction of sp³-hybridized carbons (Fsp3) is 0.182. The summed E-state index contributed by atoms with van der Waals surface area (Å²) in [5.41, 5.74) is 14.1. The molecule has 0 fully saturated rings. The highest BCUT2D eigenvalue weighted by atomic mass is 15.3. The lowest BCUT2D eigenvalue weighted by Gasteiger charge is -2.06. The van der Waals surface area contributed by atoms with Crippen LogP contribution in [-0.2, 0) is 13.5 Å². The van der Waals surface area contributed by atoms with Crippen LogP contribution in [0.1, 0.15) is 18.2 Å². The minimum atomic E-state index is 0.0195. The van der Waals surface area contributed by atoms with Crippen LogP contribution in [0.15, 0.2) is 77.5 Å². The lowest BCUT2D eigenvalue weighted by Crippen LogP contribution is -2.29. The van der Waals surface area contributed by atoms with Crippen LogP contribution in [0, 0.1) is 0 Å². The maximum absolute atomic E-state index is 5.92. The van der Waals surface area contributed by atoms with Crippen LogP contribution in [0.3, 0.4) is 0 Å². The molecule has 0 aliphatic rings. The molecule has 1 atom stereocenters.